The first kappa shape index (κ1) is 15.0. The molecular weight excluding hydrogens is 276 g/mol. The van der Waals surface area contributed by atoms with E-state index in [1.165, 1.54) is 6.20 Å². The van der Waals surface area contributed by atoms with E-state index in [2.05, 4.69) is 10.9 Å². The Bertz CT molecular complexity index is 693. The summed E-state index contributed by atoms with van der Waals surface area (Å²) in [5.41, 5.74) is 7.44. The average Bonchev–Trinajstić information content (AvgIpc) is 2.59. The minimum atomic E-state index is -0.00434. The second-order valence-electron chi connectivity index (χ2n) is 4.35. The largest absolute Gasteiger partial charge is 0.489 e. The van der Waals surface area contributed by atoms with Gasteiger partial charge in [-0.1, -0.05) is 30.3 Å². The van der Waals surface area contributed by atoms with E-state index in [0.717, 1.165) is 17.0 Å². The van der Waals surface area contributed by atoms with Gasteiger partial charge in [0.2, 0.25) is 0 Å². The molecule has 2 N–H and O–H groups in total. The van der Waals surface area contributed by atoms with E-state index in [1.54, 1.807) is 12.1 Å². The van der Waals surface area contributed by atoms with Crippen molar-refractivity contribution in [1.29, 1.82) is 10.5 Å². The lowest BCUT2D eigenvalue weighted by atomic mass is 10.2. The molecule has 0 heterocycles. The van der Waals surface area contributed by atoms with E-state index >= 15 is 0 Å². The molecule has 0 atom stereocenters. The first-order chi connectivity index (χ1) is 10.8. The average molecular weight is 290 g/mol. The number of nitrogens with one attached hydrogen (secondary N) is 2. The van der Waals surface area contributed by atoms with Crippen molar-refractivity contribution in [3.8, 4) is 17.9 Å². The summed E-state index contributed by atoms with van der Waals surface area (Å²) >= 11 is 0. The van der Waals surface area contributed by atoms with Crippen molar-refractivity contribution >= 4 is 5.69 Å². The van der Waals surface area contributed by atoms with Gasteiger partial charge in [0.05, 0.1) is 5.69 Å². The number of benzene rings is 2. The quantitative estimate of drug-likeness (QED) is 0.631. The van der Waals surface area contributed by atoms with Gasteiger partial charge >= 0.3 is 0 Å². The molecule has 5 heteroatoms. The van der Waals surface area contributed by atoms with Crippen LogP contribution in [-0.2, 0) is 6.61 Å². The molecule has 0 fully saturated rings. The molecule has 0 saturated carbocycles. The minimum Gasteiger partial charge on any atom is -0.489 e. The molecule has 0 aliphatic carbocycles. The Morgan fingerprint density at radius 2 is 1.68 bits per heavy atom. The summed E-state index contributed by atoms with van der Waals surface area (Å²) in [6, 6.07) is 20.8. The Kier molecular flexibility index (Phi) is 5.43. The van der Waals surface area contributed by atoms with Gasteiger partial charge in [0.25, 0.3) is 0 Å². The van der Waals surface area contributed by atoms with E-state index in [1.807, 2.05) is 54.6 Å². The molecule has 22 heavy (non-hydrogen) atoms. The van der Waals surface area contributed by atoms with Gasteiger partial charge in [-0.2, -0.15) is 10.5 Å². The SMILES string of the molecule is N#CC(C#N)=CNNc1ccc(OCc2ccccc2)cc1. The van der Waals surface area contributed by atoms with Crippen LogP contribution in [0.2, 0.25) is 0 Å². The van der Waals surface area contributed by atoms with Gasteiger partial charge in [-0.05, 0) is 29.8 Å². The van der Waals surface area contributed by atoms with Crippen LogP contribution in [0, 0.1) is 22.7 Å². The summed E-state index contributed by atoms with van der Waals surface area (Å²) in [7, 11) is 0. The van der Waals surface area contributed by atoms with Crippen LogP contribution in [0.4, 0.5) is 5.69 Å². The summed E-state index contributed by atoms with van der Waals surface area (Å²) in [6.45, 7) is 0.516. The third kappa shape index (κ3) is 4.59. The zero-order chi connectivity index (χ0) is 15.6. The van der Waals surface area contributed by atoms with Crippen LogP contribution in [0.3, 0.4) is 0 Å². The standard InChI is InChI=1S/C17H14N4O/c18-10-15(11-19)12-20-21-16-6-8-17(9-7-16)22-13-14-4-2-1-3-5-14/h1-9,12,20-21H,13H2. The second kappa shape index (κ2) is 7.98. The fourth-order valence-electron chi connectivity index (χ4n) is 1.66. The maximum Gasteiger partial charge on any atom is 0.147 e. The Morgan fingerprint density at radius 1 is 1.00 bits per heavy atom. The highest BCUT2D eigenvalue weighted by molar-refractivity contribution is 5.46. The zero-order valence-electron chi connectivity index (χ0n) is 11.8. The van der Waals surface area contributed by atoms with Gasteiger partial charge in [0, 0.05) is 6.20 Å². The first-order valence-electron chi connectivity index (χ1n) is 6.60. The molecular formula is C17H14N4O. The number of rotatable bonds is 6. The van der Waals surface area contributed by atoms with Crippen LogP contribution in [0.1, 0.15) is 5.56 Å². The third-order valence-electron chi connectivity index (χ3n) is 2.78. The maximum atomic E-state index is 8.59. The van der Waals surface area contributed by atoms with Crippen LogP contribution in [-0.4, -0.2) is 0 Å². The molecule has 0 unspecified atom stereocenters. The Labute approximate surface area is 129 Å². The lowest BCUT2D eigenvalue weighted by Crippen LogP contribution is -2.14. The third-order valence-corrected chi connectivity index (χ3v) is 2.78. The van der Waals surface area contributed by atoms with Crippen molar-refractivity contribution in [2.75, 3.05) is 5.43 Å². The van der Waals surface area contributed by atoms with Crippen molar-refractivity contribution in [2.24, 2.45) is 0 Å². The highest BCUT2D eigenvalue weighted by Gasteiger charge is 1.96. The molecule has 0 radical (unpaired) electrons. The lowest BCUT2D eigenvalue weighted by molar-refractivity contribution is 0.306. The maximum absolute atomic E-state index is 8.59. The predicted octanol–water partition coefficient (Wildman–Crippen LogP) is 3.11. The molecule has 0 aromatic heterocycles. The zero-order valence-corrected chi connectivity index (χ0v) is 11.8. The Balaban J connectivity index is 1.84. The van der Waals surface area contributed by atoms with Crippen LogP contribution >= 0.6 is 0 Å². The number of nitrogens with zero attached hydrogens (tertiary/aromatic N) is 2. The number of nitriles is 2. The van der Waals surface area contributed by atoms with Crippen molar-refractivity contribution < 1.29 is 4.74 Å². The number of ether oxygens (including phenoxy) is 1. The van der Waals surface area contributed by atoms with Gasteiger partial charge in [0.1, 0.15) is 30.1 Å². The number of hydrazine groups is 1. The molecule has 2 aromatic carbocycles. The van der Waals surface area contributed by atoms with E-state index in [9.17, 15) is 0 Å². The van der Waals surface area contributed by atoms with Crippen molar-refractivity contribution in [2.45, 2.75) is 6.61 Å². The summed E-state index contributed by atoms with van der Waals surface area (Å²) in [6.07, 6.45) is 1.31. The van der Waals surface area contributed by atoms with Gasteiger partial charge in [0.15, 0.2) is 0 Å². The molecule has 0 aliphatic rings. The summed E-state index contributed by atoms with van der Waals surface area (Å²) < 4.78 is 5.68. The number of allylic oxidation sites excluding steroid dienone is 1. The predicted molar refractivity (Wildman–Crippen MR) is 83.3 cm³/mol. The normalized spacial score (nSPS) is 9.00. The van der Waals surface area contributed by atoms with Crippen molar-refractivity contribution in [1.82, 2.24) is 5.43 Å². The molecule has 2 aromatic rings. The van der Waals surface area contributed by atoms with Crippen LogP contribution in [0.5, 0.6) is 5.75 Å². The Hall–Kier alpha value is -3.44. The first-order valence-corrected chi connectivity index (χ1v) is 6.60. The fourth-order valence-corrected chi connectivity index (χ4v) is 1.66. The van der Waals surface area contributed by atoms with Crippen LogP contribution < -0.4 is 15.6 Å². The summed E-state index contributed by atoms with van der Waals surface area (Å²) in [5.74, 6) is 0.764. The van der Waals surface area contributed by atoms with E-state index < -0.39 is 0 Å². The van der Waals surface area contributed by atoms with Crippen molar-refractivity contribution in [3.05, 3.63) is 71.9 Å². The molecule has 5 nitrogen and oxygen atoms in total. The smallest absolute Gasteiger partial charge is 0.147 e. The molecule has 108 valence electrons. The number of hydrogen-bond donors (Lipinski definition) is 2. The molecule has 0 bridgehead atoms. The Morgan fingerprint density at radius 3 is 2.32 bits per heavy atom. The molecule has 0 aliphatic heterocycles. The summed E-state index contributed by atoms with van der Waals surface area (Å²) in [4.78, 5) is 0. The van der Waals surface area contributed by atoms with Gasteiger partial charge in [-0.15, -0.1) is 0 Å². The van der Waals surface area contributed by atoms with E-state index in [-0.39, 0.29) is 5.57 Å². The number of hydrogen-bond acceptors (Lipinski definition) is 5. The van der Waals surface area contributed by atoms with Crippen LogP contribution in [0.25, 0.3) is 0 Å². The lowest BCUT2D eigenvalue weighted by Gasteiger charge is -2.08. The number of anilines is 1. The molecule has 0 amide bonds. The molecule has 2 rings (SSSR count). The highest BCUT2D eigenvalue weighted by atomic mass is 16.5. The summed E-state index contributed by atoms with van der Waals surface area (Å²) in [5, 5.41) is 17.2. The van der Waals surface area contributed by atoms with Gasteiger partial charge in [-0.25, -0.2) is 0 Å². The van der Waals surface area contributed by atoms with E-state index in [0.29, 0.717) is 6.61 Å². The van der Waals surface area contributed by atoms with Crippen LogP contribution in [0.15, 0.2) is 66.4 Å². The molecule has 0 saturated heterocycles. The minimum absolute atomic E-state index is 0.00434. The van der Waals surface area contributed by atoms with Crippen molar-refractivity contribution in [3.63, 3.8) is 0 Å². The highest BCUT2D eigenvalue weighted by Crippen LogP contribution is 2.16. The topological polar surface area (TPSA) is 80.9 Å². The van der Waals surface area contributed by atoms with E-state index in [4.69, 9.17) is 15.3 Å². The second-order valence-corrected chi connectivity index (χ2v) is 4.35. The molecule has 0 spiro atoms. The fraction of sp³-hybridized carbons (Fsp3) is 0.0588. The monoisotopic (exact) mass is 290 g/mol. The van der Waals surface area contributed by atoms with Gasteiger partial charge in [-0.3, -0.25) is 0 Å². The van der Waals surface area contributed by atoms with Gasteiger partial charge < -0.3 is 15.6 Å².